The molecule has 0 spiro atoms. The molecule has 1 aromatic heterocycles. The smallest absolute Gasteiger partial charge is 0.354 e. The molecule has 0 atom stereocenters. The van der Waals surface area contributed by atoms with Crippen molar-refractivity contribution in [1.82, 2.24) is 9.97 Å². The van der Waals surface area contributed by atoms with E-state index in [1.54, 1.807) is 0 Å². The molecule has 0 aliphatic carbocycles. The van der Waals surface area contributed by atoms with Gasteiger partial charge in [0.1, 0.15) is 0 Å². The van der Waals surface area contributed by atoms with Crippen molar-refractivity contribution >= 4 is 29.2 Å². The lowest BCUT2D eigenvalue weighted by Crippen LogP contribution is -2.16. The fourth-order valence-electron chi connectivity index (χ4n) is 1.50. The van der Waals surface area contributed by atoms with Gasteiger partial charge in [0.05, 0.1) is 28.7 Å². The molecule has 0 saturated carbocycles. The number of anilines is 1. The predicted molar refractivity (Wildman–Crippen MR) is 69.7 cm³/mol. The highest BCUT2D eigenvalue weighted by atomic mass is 35.5. The zero-order valence-corrected chi connectivity index (χ0v) is 10.6. The molecule has 1 aromatic carbocycles. The number of halogens is 1. The van der Waals surface area contributed by atoms with Crippen LogP contribution in [0.2, 0.25) is 5.02 Å². The van der Waals surface area contributed by atoms with Gasteiger partial charge in [0, 0.05) is 0 Å². The zero-order valence-electron chi connectivity index (χ0n) is 9.85. The number of carboxylic acid groups (broad SMARTS) is 1. The monoisotopic (exact) mass is 290 g/mol. The summed E-state index contributed by atoms with van der Waals surface area (Å²) in [5, 5.41) is 20.2. The van der Waals surface area contributed by atoms with Gasteiger partial charge in [0.2, 0.25) is 0 Å². The van der Waals surface area contributed by atoms with Crippen LogP contribution >= 0.6 is 11.6 Å². The highest BCUT2D eigenvalue weighted by Gasteiger charge is 2.20. The minimum absolute atomic E-state index is 0.171. The summed E-state index contributed by atoms with van der Waals surface area (Å²) in [6, 6.07) is 6.22. The number of nitriles is 1. The first kappa shape index (κ1) is 13.6. The molecular weight excluding hydrogens is 284 g/mol. The molecule has 2 rings (SSSR count). The van der Waals surface area contributed by atoms with E-state index in [-0.39, 0.29) is 22.1 Å². The molecule has 2 aromatic rings. The Labute approximate surface area is 117 Å². The van der Waals surface area contributed by atoms with Crippen molar-refractivity contribution in [2.24, 2.45) is 0 Å². The second-order valence-corrected chi connectivity index (χ2v) is 4.10. The van der Waals surface area contributed by atoms with Gasteiger partial charge in [-0.25, -0.2) is 9.78 Å². The highest BCUT2D eigenvalue weighted by molar-refractivity contribution is 6.34. The van der Waals surface area contributed by atoms with Crippen molar-refractivity contribution in [3.63, 3.8) is 0 Å². The normalized spacial score (nSPS) is 9.80. The van der Waals surface area contributed by atoms with E-state index >= 15 is 0 Å². The van der Waals surface area contributed by atoms with Gasteiger partial charge in [-0.05, 0) is 18.2 Å². The van der Waals surface area contributed by atoms with Crippen molar-refractivity contribution in [3.8, 4) is 6.07 Å². The van der Waals surface area contributed by atoms with E-state index in [2.05, 4.69) is 15.3 Å². The number of imidazole rings is 1. The molecule has 1 amide bonds. The maximum atomic E-state index is 11.9. The van der Waals surface area contributed by atoms with Crippen LogP contribution in [0, 0.1) is 11.3 Å². The number of carbonyl (C=O) groups excluding carboxylic acids is 1. The van der Waals surface area contributed by atoms with E-state index in [9.17, 15) is 9.59 Å². The number of aromatic amines is 1. The van der Waals surface area contributed by atoms with Gasteiger partial charge in [0.25, 0.3) is 5.91 Å². The lowest BCUT2D eigenvalue weighted by Gasteiger charge is -2.06. The molecule has 0 bridgehead atoms. The second-order valence-electron chi connectivity index (χ2n) is 3.69. The second kappa shape index (κ2) is 5.42. The van der Waals surface area contributed by atoms with Crippen LogP contribution in [0.25, 0.3) is 0 Å². The Hall–Kier alpha value is -2.85. The van der Waals surface area contributed by atoms with Gasteiger partial charge < -0.3 is 15.4 Å². The molecule has 0 fully saturated rings. The molecule has 7 nitrogen and oxygen atoms in total. The topological polar surface area (TPSA) is 119 Å². The molecule has 100 valence electrons. The molecular formula is C12H7ClN4O3. The lowest BCUT2D eigenvalue weighted by atomic mass is 10.2. The summed E-state index contributed by atoms with van der Waals surface area (Å²) in [5.41, 5.74) is 0.0409. The molecule has 8 heteroatoms. The van der Waals surface area contributed by atoms with Crippen molar-refractivity contribution in [2.75, 3.05) is 5.32 Å². The standard InChI is InChI=1S/C12H7ClN4O3/c13-7-3-6(4-14)1-2-8(7)17-11(18)9-10(12(19)20)16-5-15-9/h1-3,5H,(H,15,16)(H,17,18)(H,19,20). The zero-order chi connectivity index (χ0) is 14.7. The molecule has 0 radical (unpaired) electrons. The summed E-state index contributed by atoms with van der Waals surface area (Å²) in [5.74, 6) is -2.01. The van der Waals surface area contributed by atoms with Crippen LogP contribution in [0.5, 0.6) is 0 Å². The van der Waals surface area contributed by atoms with E-state index in [4.69, 9.17) is 22.0 Å². The Morgan fingerprint density at radius 3 is 2.80 bits per heavy atom. The number of hydrogen-bond acceptors (Lipinski definition) is 4. The third-order valence-electron chi connectivity index (χ3n) is 2.41. The molecule has 1 heterocycles. The van der Waals surface area contributed by atoms with Crippen LogP contribution in [0.4, 0.5) is 5.69 Å². The fourth-order valence-corrected chi connectivity index (χ4v) is 1.72. The first-order valence-corrected chi connectivity index (χ1v) is 5.68. The first-order chi connectivity index (χ1) is 9.52. The van der Waals surface area contributed by atoms with E-state index in [1.165, 1.54) is 18.2 Å². The Kier molecular flexibility index (Phi) is 3.68. The summed E-state index contributed by atoms with van der Waals surface area (Å²) < 4.78 is 0. The van der Waals surface area contributed by atoms with E-state index in [0.717, 1.165) is 6.33 Å². The number of H-pyrrole nitrogens is 1. The van der Waals surface area contributed by atoms with Gasteiger partial charge >= 0.3 is 5.97 Å². The SMILES string of the molecule is N#Cc1ccc(NC(=O)c2nc[nH]c2C(=O)O)c(Cl)c1. The summed E-state index contributed by atoms with van der Waals surface area (Å²) in [6.45, 7) is 0. The largest absolute Gasteiger partial charge is 0.477 e. The van der Waals surface area contributed by atoms with Gasteiger partial charge in [-0.15, -0.1) is 0 Å². The summed E-state index contributed by atoms with van der Waals surface area (Å²) in [6.07, 6.45) is 1.11. The third kappa shape index (κ3) is 2.60. The average Bonchev–Trinajstić information content (AvgIpc) is 2.90. The Morgan fingerprint density at radius 1 is 1.45 bits per heavy atom. The van der Waals surface area contributed by atoms with Gasteiger partial charge in [-0.2, -0.15) is 5.26 Å². The maximum absolute atomic E-state index is 11.9. The number of hydrogen-bond donors (Lipinski definition) is 3. The number of carboxylic acids is 1. The van der Waals surface area contributed by atoms with Gasteiger partial charge in [-0.3, -0.25) is 4.79 Å². The minimum atomic E-state index is -1.29. The number of amides is 1. The third-order valence-corrected chi connectivity index (χ3v) is 2.73. The summed E-state index contributed by atoms with van der Waals surface area (Å²) in [7, 11) is 0. The number of benzene rings is 1. The maximum Gasteiger partial charge on any atom is 0.354 e. The fraction of sp³-hybridized carbons (Fsp3) is 0. The van der Waals surface area contributed by atoms with E-state index in [0.29, 0.717) is 5.56 Å². The molecule has 20 heavy (non-hydrogen) atoms. The van der Waals surface area contributed by atoms with E-state index in [1.807, 2.05) is 6.07 Å². The van der Waals surface area contributed by atoms with Gasteiger partial charge in [0.15, 0.2) is 11.4 Å². The Balaban J connectivity index is 2.26. The van der Waals surface area contributed by atoms with Crippen molar-refractivity contribution in [3.05, 3.63) is 46.5 Å². The molecule has 3 N–H and O–H groups in total. The summed E-state index contributed by atoms with van der Waals surface area (Å²) in [4.78, 5) is 28.8. The van der Waals surface area contributed by atoms with Crippen LogP contribution in [-0.2, 0) is 0 Å². The Morgan fingerprint density at radius 2 is 2.20 bits per heavy atom. The highest BCUT2D eigenvalue weighted by Crippen LogP contribution is 2.23. The summed E-state index contributed by atoms with van der Waals surface area (Å²) >= 11 is 5.91. The van der Waals surface area contributed by atoms with Crippen LogP contribution in [-0.4, -0.2) is 27.0 Å². The molecule has 0 unspecified atom stereocenters. The van der Waals surface area contributed by atoms with Crippen molar-refractivity contribution in [1.29, 1.82) is 5.26 Å². The average molecular weight is 291 g/mol. The number of rotatable bonds is 3. The number of nitrogens with one attached hydrogen (secondary N) is 2. The molecule has 0 saturated heterocycles. The minimum Gasteiger partial charge on any atom is -0.477 e. The van der Waals surface area contributed by atoms with Gasteiger partial charge in [-0.1, -0.05) is 11.6 Å². The number of aromatic nitrogens is 2. The molecule has 0 aliphatic heterocycles. The molecule has 0 aliphatic rings. The number of carbonyl (C=O) groups is 2. The Bertz CT molecular complexity index is 733. The van der Waals surface area contributed by atoms with Crippen molar-refractivity contribution in [2.45, 2.75) is 0 Å². The van der Waals surface area contributed by atoms with Crippen LogP contribution in [0.1, 0.15) is 26.5 Å². The van der Waals surface area contributed by atoms with Crippen LogP contribution in [0.15, 0.2) is 24.5 Å². The van der Waals surface area contributed by atoms with E-state index < -0.39 is 11.9 Å². The quantitative estimate of drug-likeness (QED) is 0.797. The first-order valence-electron chi connectivity index (χ1n) is 5.30. The number of aromatic carboxylic acids is 1. The number of nitrogens with zero attached hydrogens (tertiary/aromatic N) is 2. The lowest BCUT2D eigenvalue weighted by molar-refractivity contribution is 0.0686. The van der Waals surface area contributed by atoms with Crippen LogP contribution in [0.3, 0.4) is 0 Å². The predicted octanol–water partition coefficient (Wildman–Crippen LogP) is 1.89. The van der Waals surface area contributed by atoms with Crippen molar-refractivity contribution < 1.29 is 14.7 Å². The van der Waals surface area contributed by atoms with Crippen LogP contribution < -0.4 is 5.32 Å².